The molecule has 1 saturated heterocycles. The predicted molar refractivity (Wildman–Crippen MR) is 62.9 cm³/mol. The van der Waals surface area contributed by atoms with Crippen molar-refractivity contribution in [1.82, 2.24) is 0 Å². The first-order valence-electron chi connectivity index (χ1n) is 6.63. The quantitative estimate of drug-likeness (QED) is 0.571. The summed E-state index contributed by atoms with van der Waals surface area (Å²) in [4.78, 5) is 0. The summed E-state index contributed by atoms with van der Waals surface area (Å²) >= 11 is 0. The second-order valence-corrected chi connectivity index (χ2v) is 4.49. The molecule has 0 aliphatic carbocycles. The minimum Gasteiger partial charge on any atom is -0.350 e. The van der Waals surface area contributed by atoms with Gasteiger partial charge < -0.3 is 9.47 Å². The summed E-state index contributed by atoms with van der Waals surface area (Å²) < 4.78 is 11.2. The largest absolute Gasteiger partial charge is 0.350 e. The maximum Gasteiger partial charge on any atom is 0.157 e. The fourth-order valence-corrected chi connectivity index (χ4v) is 2.03. The second kappa shape index (κ2) is 8.12. The molecule has 2 unspecified atom stereocenters. The van der Waals surface area contributed by atoms with Crippen molar-refractivity contribution in [3.05, 3.63) is 0 Å². The van der Waals surface area contributed by atoms with Crippen molar-refractivity contribution >= 4 is 0 Å². The Labute approximate surface area is 94.3 Å². The first-order valence-corrected chi connectivity index (χ1v) is 6.63. The molecule has 0 radical (unpaired) electrons. The van der Waals surface area contributed by atoms with Crippen LogP contribution in [-0.2, 0) is 9.47 Å². The Balaban J connectivity index is 1.88. The molecular formula is C13H26O2. The van der Waals surface area contributed by atoms with Gasteiger partial charge in [-0.25, -0.2) is 0 Å². The lowest BCUT2D eigenvalue weighted by molar-refractivity contribution is -0.0598. The Bertz CT molecular complexity index is 147. The van der Waals surface area contributed by atoms with E-state index in [2.05, 4.69) is 13.8 Å². The summed E-state index contributed by atoms with van der Waals surface area (Å²) in [5.41, 5.74) is 0. The summed E-state index contributed by atoms with van der Waals surface area (Å²) in [5.74, 6) is 0. The van der Waals surface area contributed by atoms with Crippen molar-refractivity contribution in [2.24, 2.45) is 0 Å². The van der Waals surface area contributed by atoms with E-state index in [1.54, 1.807) is 0 Å². The summed E-state index contributed by atoms with van der Waals surface area (Å²) in [6.07, 6.45) is 10.8. The van der Waals surface area contributed by atoms with Crippen LogP contribution < -0.4 is 0 Å². The van der Waals surface area contributed by atoms with E-state index < -0.39 is 0 Å². The van der Waals surface area contributed by atoms with Crippen LogP contribution >= 0.6 is 0 Å². The van der Waals surface area contributed by atoms with E-state index in [-0.39, 0.29) is 6.29 Å². The highest BCUT2D eigenvalue weighted by atomic mass is 16.7. The van der Waals surface area contributed by atoms with Crippen LogP contribution in [-0.4, -0.2) is 19.0 Å². The molecule has 0 aromatic heterocycles. The van der Waals surface area contributed by atoms with Crippen molar-refractivity contribution in [3.8, 4) is 0 Å². The predicted octanol–water partition coefficient (Wildman–Crippen LogP) is 3.89. The zero-order valence-corrected chi connectivity index (χ0v) is 10.3. The molecule has 1 aliphatic rings. The molecule has 0 saturated carbocycles. The Kier molecular flexibility index (Phi) is 7.03. The SMILES string of the molecule is CCCCCCCCC1COC(CC)O1. The van der Waals surface area contributed by atoms with Gasteiger partial charge in [0.2, 0.25) is 0 Å². The Morgan fingerprint density at radius 3 is 2.40 bits per heavy atom. The number of rotatable bonds is 8. The van der Waals surface area contributed by atoms with Crippen molar-refractivity contribution in [3.63, 3.8) is 0 Å². The fourth-order valence-electron chi connectivity index (χ4n) is 2.03. The zero-order valence-electron chi connectivity index (χ0n) is 10.3. The van der Waals surface area contributed by atoms with E-state index >= 15 is 0 Å². The fraction of sp³-hybridized carbons (Fsp3) is 1.00. The molecule has 0 bridgehead atoms. The van der Waals surface area contributed by atoms with E-state index in [1.807, 2.05) is 0 Å². The molecule has 1 fully saturated rings. The van der Waals surface area contributed by atoms with E-state index in [1.165, 1.54) is 44.9 Å². The van der Waals surface area contributed by atoms with Gasteiger partial charge in [0.15, 0.2) is 6.29 Å². The van der Waals surface area contributed by atoms with E-state index in [4.69, 9.17) is 9.47 Å². The Morgan fingerprint density at radius 2 is 1.73 bits per heavy atom. The zero-order chi connectivity index (χ0) is 10.9. The minimum atomic E-state index is 0.0788. The summed E-state index contributed by atoms with van der Waals surface area (Å²) in [6.45, 7) is 5.18. The van der Waals surface area contributed by atoms with Gasteiger partial charge in [0.05, 0.1) is 12.7 Å². The molecule has 0 aromatic rings. The van der Waals surface area contributed by atoms with Crippen LogP contribution in [0.5, 0.6) is 0 Å². The van der Waals surface area contributed by atoms with E-state index in [9.17, 15) is 0 Å². The third-order valence-electron chi connectivity index (χ3n) is 3.03. The Hall–Kier alpha value is -0.0800. The second-order valence-electron chi connectivity index (χ2n) is 4.49. The average molecular weight is 214 g/mol. The molecule has 1 rings (SSSR count). The molecule has 2 nitrogen and oxygen atoms in total. The van der Waals surface area contributed by atoms with Crippen LogP contribution in [0.15, 0.2) is 0 Å². The molecule has 0 spiro atoms. The van der Waals surface area contributed by atoms with Crippen molar-refractivity contribution in [2.45, 2.75) is 77.6 Å². The highest BCUT2D eigenvalue weighted by Crippen LogP contribution is 2.19. The average Bonchev–Trinajstić information content (AvgIpc) is 2.71. The van der Waals surface area contributed by atoms with Crippen molar-refractivity contribution in [1.29, 1.82) is 0 Å². The van der Waals surface area contributed by atoms with Gasteiger partial charge >= 0.3 is 0 Å². The summed E-state index contributed by atoms with van der Waals surface area (Å²) in [5, 5.41) is 0. The van der Waals surface area contributed by atoms with Crippen LogP contribution in [0.1, 0.15) is 65.2 Å². The van der Waals surface area contributed by atoms with Crippen LogP contribution in [0.3, 0.4) is 0 Å². The number of hydrogen-bond donors (Lipinski definition) is 0. The molecule has 2 heteroatoms. The van der Waals surface area contributed by atoms with Gasteiger partial charge in [0, 0.05) is 0 Å². The first-order chi connectivity index (χ1) is 7.36. The minimum absolute atomic E-state index is 0.0788. The molecule has 1 heterocycles. The monoisotopic (exact) mass is 214 g/mol. The van der Waals surface area contributed by atoms with Gasteiger partial charge in [-0.15, -0.1) is 0 Å². The molecular weight excluding hydrogens is 188 g/mol. The highest BCUT2D eigenvalue weighted by Gasteiger charge is 2.23. The third kappa shape index (κ3) is 5.53. The lowest BCUT2D eigenvalue weighted by Crippen LogP contribution is -2.11. The Morgan fingerprint density at radius 1 is 1.00 bits per heavy atom. The van der Waals surface area contributed by atoms with Crippen LogP contribution in [0.25, 0.3) is 0 Å². The van der Waals surface area contributed by atoms with Crippen molar-refractivity contribution < 1.29 is 9.47 Å². The maximum atomic E-state index is 5.72. The van der Waals surface area contributed by atoms with E-state index in [0.29, 0.717) is 6.10 Å². The van der Waals surface area contributed by atoms with Gasteiger partial charge in [-0.2, -0.15) is 0 Å². The molecule has 1 aliphatic heterocycles. The summed E-state index contributed by atoms with van der Waals surface area (Å²) in [7, 11) is 0. The highest BCUT2D eigenvalue weighted by molar-refractivity contribution is 4.64. The van der Waals surface area contributed by atoms with Crippen molar-refractivity contribution in [2.75, 3.05) is 6.61 Å². The third-order valence-corrected chi connectivity index (χ3v) is 3.03. The van der Waals surface area contributed by atoms with Crippen LogP contribution in [0.2, 0.25) is 0 Å². The summed E-state index contributed by atoms with van der Waals surface area (Å²) in [6, 6.07) is 0. The first kappa shape index (κ1) is 13.0. The molecule has 0 aromatic carbocycles. The van der Waals surface area contributed by atoms with Crippen LogP contribution in [0.4, 0.5) is 0 Å². The van der Waals surface area contributed by atoms with E-state index in [0.717, 1.165) is 13.0 Å². The van der Waals surface area contributed by atoms with Gasteiger partial charge in [0.1, 0.15) is 0 Å². The van der Waals surface area contributed by atoms with Gasteiger partial charge in [0.25, 0.3) is 0 Å². The number of hydrogen-bond acceptors (Lipinski definition) is 2. The molecule has 15 heavy (non-hydrogen) atoms. The van der Waals surface area contributed by atoms with Gasteiger partial charge in [-0.1, -0.05) is 52.4 Å². The smallest absolute Gasteiger partial charge is 0.157 e. The van der Waals surface area contributed by atoms with Gasteiger partial charge in [-0.05, 0) is 12.8 Å². The lowest BCUT2D eigenvalue weighted by atomic mass is 10.1. The lowest BCUT2D eigenvalue weighted by Gasteiger charge is -2.09. The topological polar surface area (TPSA) is 18.5 Å². The molecule has 90 valence electrons. The standard InChI is InChI=1S/C13H26O2/c1-3-5-6-7-8-9-10-12-11-14-13(4-2)15-12/h12-13H,3-11H2,1-2H3. The maximum absolute atomic E-state index is 5.72. The number of unbranched alkanes of at least 4 members (excludes halogenated alkanes) is 5. The normalized spacial score (nSPS) is 26.0. The van der Waals surface area contributed by atoms with Crippen LogP contribution in [0, 0.1) is 0 Å². The molecule has 0 amide bonds. The molecule has 2 atom stereocenters. The molecule has 0 N–H and O–H groups in total. The number of ether oxygens (including phenoxy) is 2. The van der Waals surface area contributed by atoms with Gasteiger partial charge in [-0.3, -0.25) is 0 Å².